The van der Waals surface area contributed by atoms with E-state index in [4.69, 9.17) is 5.11 Å². The molecule has 0 aliphatic carbocycles. The molecular formula is C10H12KNO2. The molecule has 0 saturated heterocycles. The summed E-state index contributed by atoms with van der Waals surface area (Å²) in [6.45, 7) is 0.744. The number of hydrogen-bond donors (Lipinski definition) is 2. The summed E-state index contributed by atoms with van der Waals surface area (Å²) in [4.78, 5) is 10.9. The van der Waals surface area contributed by atoms with Crippen molar-refractivity contribution >= 4 is 57.4 Å². The molecule has 0 fully saturated rings. The molecule has 3 nitrogen and oxygen atoms in total. The van der Waals surface area contributed by atoms with E-state index in [0.29, 0.717) is 0 Å². The van der Waals surface area contributed by atoms with E-state index in [2.05, 4.69) is 5.32 Å². The molecule has 4 heteroatoms. The van der Waals surface area contributed by atoms with Crippen LogP contribution < -0.4 is 5.32 Å². The number of carbonyl (C=O) groups is 1. The Balaban J connectivity index is 0.000000980. The van der Waals surface area contributed by atoms with Crippen LogP contribution in [0.25, 0.3) is 0 Å². The summed E-state index contributed by atoms with van der Waals surface area (Å²) in [5.74, 6) is -0.799. The van der Waals surface area contributed by atoms with Crippen molar-refractivity contribution in [3.8, 4) is 0 Å². The van der Waals surface area contributed by atoms with Gasteiger partial charge in [0.15, 0.2) is 0 Å². The number of aliphatic carboxylic acids is 1. The number of carboxylic acids is 1. The second-order valence-corrected chi connectivity index (χ2v) is 3.17. The molecule has 14 heavy (non-hydrogen) atoms. The molecule has 0 unspecified atom stereocenters. The van der Waals surface area contributed by atoms with Gasteiger partial charge in [-0.05, 0) is 17.5 Å². The summed E-state index contributed by atoms with van der Waals surface area (Å²) in [6.07, 6.45) is 0.917. The van der Waals surface area contributed by atoms with E-state index >= 15 is 0 Å². The van der Waals surface area contributed by atoms with Crippen LogP contribution in [0.15, 0.2) is 24.3 Å². The molecule has 0 amide bonds. The summed E-state index contributed by atoms with van der Waals surface area (Å²) in [6, 6.07) is 7.17. The normalized spacial score (nSPS) is 19.3. The number of nitrogens with one attached hydrogen (secondary N) is 1. The molecule has 1 heterocycles. The number of carboxylic acid groups (broad SMARTS) is 1. The van der Waals surface area contributed by atoms with Gasteiger partial charge in [-0.1, -0.05) is 24.3 Å². The predicted molar refractivity (Wildman–Crippen MR) is 55.7 cm³/mol. The van der Waals surface area contributed by atoms with Gasteiger partial charge in [0.2, 0.25) is 0 Å². The first-order chi connectivity index (χ1) is 6.29. The first kappa shape index (κ1) is 12.4. The van der Waals surface area contributed by atoms with Crippen LogP contribution in [0.2, 0.25) is 0 Å². The van der Waals surface area contributed by atoms with Crippen molar-refractivity contribution in [1.82, 2.24) is 5.32 Å². The summed E-state index contributed by atoms with van der Waals surface area (Å²) < 4.78 is 0. The first-order valence-corrected chi connectivity index (χ1v) is 4.33. The molecule has 0 saturated carbocycles. The van der Waals surface area contributed by atoms with Gasteiger partial charge in [0.25, 0.3) is 0 Å². The van der Waals surface area contributed by atoms with Gasteiger partial charge in [-0.3, -0.25) is 4.79 Å². The molecule has 70 valence electrons. The first-order valence-electron chi connectivity index (χ1n) is 4.33. The molecule has 1 aromatic rings. The molecule has 1 aliphatic rings. The molecule has 2 rings (SSSR count). The van der Waals surface area contributed by atoms with E-state index in [1.807, 2.05) is 24.3 Å². The van der Waals surface area contributed by atoms with E-state index in [9.17, 15) is 4.79 Å². The van der Waals surface area contributed by atoms with Gasteiger partial charge in [-0.2, -0.15) is 0 Å². The second kappa shape index (κ2) is 5.39. The molecule has 2 N–H and O–H groups in total. The van der Waals surface area contributed by atoms with Gasteiger partial charge >= 0.3 is 57.4 Å². The van der Waals surface area contributed by atoms with Gasteiger partial charge in [0.05, 0.1) is 0 Å². The molecule has 0 spiro atoms. The van der Waals surface area contributed by atoms with Crippen molar-refractivity contribution in [2.45, 2.75) is 12.5 Å². The van der Waals surface area contributed by atoms with Gasteiger partial charge in [-0.25, -0.2) is 0 Å². The van der Waals surface area contributed by atoms with Crippen LogP contribution in [0.1, 0.15) is 17.2 Å². The molecule has 0 aromatic heterocycles. The van der Waals surface area contributed by atoms with E-state index in [-0.39, 0.29) is 51.4 Å². The third-order valence-corrected chi connectivity index (χ3v) is 2.36. The number of fused-ring (bicyclic) bond motifs is 1. The van der Waals surface area contributed by atoms with Crippen molar-refractivity contribution in [1.29, 1.82) is 0 Å². The van der Waals surface area contributed by atoms with Gasteiger partial charge in [0.1, 0.15) is 6.04 Å². The van der Waals surface area contributed by atoms with Crippen LogP contribution in [0.5, 0.6) is 0 Å². The minimum atomic E-state index is -0.799. The average molecular weight is 217 g/mol. The molecule has 1 atom stereocenters. The summed E-state index contributed by atoms with van der Waals surface area (Å²) in [7, 11) is 0. The van der Waals surface area contributed by atoms with E-state index in [1.165, 1.54) is 0 Å². The Labute approximate surface area is 125 Å². The van der Waals surface area contributed by atoms with Gasteiger partial charge in [0, 0.05) is 6.54 Å². The van der Waals surface area contributed by atoms with Crippen molar-refractivity contribution in [2.24, 2.45) is 0 Å². The third-order valence-electron chi connectivity index (χ3n) is 2.36. The average Bonchev–Trinajstić information content (AvgIpc) is 2.17. The van der Waals surface area contributed by atoms with E-state index in [1.54, 1.807) is 0 Å². The number of hydrogen-bond acceptors (Lipinski definition) is 2. The van der Waals surface area contributed by atoms with Crippen LogP contribution in [-0.2, 0) is 11.2 Å². The van der Waals surface area contributed by atoms with Crippen LogP contribution >= 0.6 is 0 Å². The van der Waals surface area contributed by atoms with Crippen molar-refractivity contribution in [3.63, 3.8) is 0 Å². The third kappa shape index (κ3) is 2.45. The fraction of sp³-hybridized carbons (Fsp3) is 0.300. The monoisotopic (exact) mass is 217 g/mol. The maximum absolute atomic E-state index is 10.9. The van der Waals surface area contributed by atoms with Crippen molar-refractivity contribution in [2.75, 3.05) is 6.54 Å². The van der Waals surface area contributed by atoms with Crippen molar-refractivity contribution < 1.29 is 9.90 Å². The molecule has 0 bridgehead atoms. The molecular weight excluding hydrogens is 205 g/mol. The molecule has 0 radical (unpaired) electrons. The van der Waals surface area contributed by atoms with Crippen LogP contribution in [0.3, 0.4) is 0 Å². The fourth-order valence-electron chi connectivity index (χ4n) is 1.72. The summed E-state index contributed by atoms with van der Waals surface area (Å²) in [5, 5.41) is 11.9. The molecule has 1 aliphatic heterocycles. The zero-order valence-corrected chi connectivity index (χ0v) is 7.16. The standard InChI is InChI=1S/C10H11NO2.K.H/c12-10(13)9-8-4-2-1-3-7(8)5-6-11-9;;/h1-4,9,11H,5-6H2,(H,12,13);;/t9-;;/m1../s1. The Morgan fingerprint density at radius 3 is 2.86 bits per heavy atom. The Bertz CT molecular complexity index is 341. The Morgan fingerprint density at radius 1 is 1.43 bits per heavy atom. The fourth-order valence-corrected chi connectivity index (χ4v) is 1.72. The van der Waals surface area contributed by atoms with Crippen LogP contribution in [0, 0.1) is 0 Å². The minimum absolute atomic E-state index is 0. The maximum atomic E-state index is 10.9. The quantitative estimate of drug-likeness (QED) is 0.666. The van der Waals surface area contributed by atoms with E-state index in [0.717, 1.165) is 24.1 Å². The Morgan fingerprint density at radius 2 is 2.14 bits per heavy atom. The van der Waals surface area contributed by atoms with Crippen LogP contribution in [-0.4, -0.2) is 69.0 Å². The Hall–Kier alpha value is 0.286. The summed E-state index contributed by atoms with van der Waals surface area (Å²) in [5.41, 5.74) is 2.05. The van der Waals surface area contributed by atoms with E-state index < -0.39 is 12.0 Å². The Kier molecular flexibility index (Phi) is 4.76. The zero-order valence-electron chi connectivity index (χ0n) is 7.16. The predicted octanol–water partition coefficient (Wildman–Crippen LogP) is 0.309. The molecule has 1 aromatic carbocycles. The van der Waals surface area contributed by atoms with Crippen molar-refractivity contribution in [3.05, 3.63) is 35.4 Å². The zero-order chi connectivity index (χ0) is 9.26. The van der Waals surface area contributed by atoms with Crippen LogP contribution in [0.4, 0.5) is 0 Å². The summed E-state index contributed by atoms with van der Waals surface area (Å²) >= 11 is 0. The topological polar surface area (TPSA) is 49.3 Å². The number of rotatable bonds is 1. The number of benzene rings is 1. The van der Waals surface area contributed by atoms with Gasteiger partial charge in [-0.15, -0.1) is 0 Å². The van der Waals surface area contributed by atoms with Gasteiger partial charge < -0.3 is 10.4 Å². The SMILES string of the molecule is O=C(O)[C@@H]1NCCc2ccccc21.[KH]. The second-order valence-electron chi connectivity index (χ2n) is 3.17.